The Kier molecular flexibility index (Phi) is 11.9. The Morgan fingerprint density at radius 3 is 2.14 bits per heavy atom. The molecule has 0 bridgehead atoms. The fourth-order valence-corrected chi connectivity index (χ4v) is 6.39. The van der Waals surface area contributed by atoms with E-state index in [1.165, 1.54) is 7.11 Å². The fraction of sp³-hybridized carbons (Fsp3) is 0.618. The minimum Gasteiger partial charge on any atom is -0.469 e. The zero-order chi connectivity index (χ0) is 37.0. The number of alkyl halides is 6. The predicted octanol–water partition coefficient (Wildman–Crippen LogP) is 7.28. The van der Waals surface area contributed by atoms with Crippen molar-refractivity contribution < 1.29 is 45.4 Å². The van der Waals surface area contributed by atoms with Crippen LogP contribution in [-0.4, -0.2) is 83.6 Å². The molecule has 2 aromatic rings. The van der Waals surface area contributed by atoms with E-state index >= 15 is 0 Å². The first-order valence-electron chi connectivity index (χ1n) is 16.5. The second kappa shape index (κ2) is 15.4. The van der Waals surface area contributed by atoms with Crippen molar-refractivity contribution in [2.24, 2.45) is 10.5 Å². The number of nitrogens with zero attached hydrogens (tertiary/aromatic N) is 6. The number of benzene rings is 1. The van der Waals surface area contributed by atoms with Crippen molar-refractivity contribution in [2.75, 3.05) is 32.2 Å². The van der Waals surface area contributed by atoms with Crippen LogP contribution in [0.3, 0.4) is 0 Å². The number of hydrazone groups is 1. The van der Waals surface area contributed by atoms with Gasteiger partial charge in [-0.05, 0) is 67.3 Å². The molecule has 16 heteroatoms. The summed E-state index contributed by atoms with van der Waals surface area (Å²) in [4.78, 5) is 37.4. The zero-order valence-electron chi connectivity index (χ0n) is 29.0. The van der Waals surface area contributed by atoms with Gasteiger partial charge in [-0.3, -0.25) is 9.80 Å². The topological polar surface area (TPSA) is 100 Å². The van der Waals surface area contributed by atoms with E-state index in [-0.39, 0.29) is 55.1 Å². The lowest BCUT2D eigenvalue weighted by Gasteiger charge is -2.46. The number of ether oxygens (including phenoxy) is 2. The van der Waals surface area contributed by atoms with Crippen molar-refractivity contribution in [3.63, 3.8) is 0 Å². The monoisotopic (exact) mass is 714 g/mol. The molecule has 3 heterocycles. The first-order chi connectivity index (χ1) is 23.3. The summed E-state index contributed by atoms with van der Waals surface area (Å²) in [5, 5.41) is 5.98. The molecule has 10 nitrogen and oxygen atoms in total. The summed E-state index contributed by atoms with van der Waals surface area (Å²) in [5.74, 6) is -0.308. The molecule has 1 fully saturated rings. The highest BCUT2D eigenvalue weighted by Crippen LogP contribution is 2.38. The average Bonchev–Trinajstić information content (AvgIpc) is 3.49. The number of carbonyl (C=O) groups excluding carboxylic acids is 2. The number of likely N-dealkylation sites (N-methyl/N-ethyl adjacent to an activating group) is 1. The molecule has 0 N–H and O–H groups in total. The van der Waals surface area contributed by atoms with Crippen LogP contribution < -0.4 is 4.90 Å². The minimum atomic E-state index is -5.00. The lowest BCUT2D eigenvalue weighted by Crippen LogP contribution is -2.56. The van der Waals surface area contributed by atoms with Crippen LogP contribution in [0.2, 0.25) is 0 Å². The van der Waals surface area contributed by atoms with Crippen molar-refractivity contribution in [3.8, 4) is 0 Å². The Balaban J connectivity index is 1.62. The standard InChI is InChI=1S/C34H44F6N6O4/c1-7-27-14-28(10-21(2)46(27)31(48)50-20-32(3,4)9-8-29(47)49-6)45(30-41-15-23(16-42-30)24-17-43-44(5)19-24)18-22-11-25(33(35,36)37)13-26(12-22)34(38,39)40/h11-13,15-17,21,24,27-28H,7-10,14,18-20H2,1-6H3/t21?,24?,27-,28-/m1/s1. The number of aromatic nitrogens is 2. The molecule has 1 aromatic carbocycles. The number of likely N-dealkylation sites (tertiary alicyclic amines) is 1. The molecule has 0 radical (unpaired) electrons. The van der Waals surface area contributed by atoms with Gasteiger partial charge in [0.2, 0.25) is 5.95 Å². The molecule has 0 saturated carbocycles. The maximum Gasteiger partial charge on any atom is 0.416 e. The van der Waals surface area contributed by atoms with Gasteiger partial charge in [-0.15, -0.1) is 0 Å². The summed E-state index contributed by atoms with van der Waals surface area (Å²) >= 11 is 0. The maximum absolute atomic E-state index is 13.8. The molecule has 1 amide bonds. The molecule has 50 heavy (non-hydrogen) atoms. The maximum atomic E-state index is 13.8. The molecule has 2 aliphatic rings. The van der Waals surface area contributed by atoms with Crippen molar-refractivity contribution in [1.82, 2.24) is 19.9 Å². The summed E-state index contributed by atoms with van der Waals surface area (Å²) in [5.41, 5.74) is -2.77. The van der Waals surface area contributed by atoms with E-state index in [2.05, 4.69) is 15.1 Å². The number of amides is 1. The van der Waals surface area contributed by atoms with E-state index in [1.54, 1.807) is 33.4 Å². The van der Waals surface area contributed by atoms with Crippen LogP contribution in [-0.2, 0) is 33.2 Å². The number of carbonyl (C=O) groups is 2. The molecule has 1 saturated heterocycles. The Morgan fingerprint density at radius 2 is 1.62 bits per heavy atom. The normalized spacial score (nSPS) is 21.4. The highest BCUT2D eigenvalue weighted by atomic mass is 19.4. The molecule has 2 unspecified atom stereocenters. The Morgan fingerprint density at radius 1 is 1.00 bits per heavy atom. The Hall–Kier alpha value is -4.11. The summed E-state index contributed by atoms with van der Waals surface area (Å²) in [6.07, 6.45) is -3.87. The number of anilines is 1. The summed E-state index contributed by atoms with van der Waals surface area (Å²) in [6.45, 7) is 7.76. The molecular formula is C34H44F6N6O4. The van der Waals surface area contributed by atoms with Gasteiger partial charge in [-0.25, -0.2) is 14.8 Å². The second-order valence-electron chi connectivity index (χ2n) is 13.8. The van der Waals surface area contributed by atoms with Gasteiger partial charge in [-0.1, -0.05) is 20.8 Å². The highest BCUT2D eigenvalue weighted by molar-refractivity contribution is 5.70. The van der Waals surface area contributed by atoms with Crippen molar-refractivity contribution in [3.05, 3.63) is 52.8 Å². The van der Waals surface area contributed by atoms with Crippen LogP contribution >= 0.6 is 0 Å². The van der Waals surface area contributed by atoms with E-state index in [0.717, 1.165) is 17.7 Å². The van der Waals surface area contributed by atoms with E-state index in [1.807, 2.05) is 34.7 Å². The Labute approximate surface area is 287 Å². The average molecular weight is 715 g/mol. The lowest BCUT2D eigenvalue weighted by molar-refractivity contribution is -0.143. The van der Waals surface area contributed by atoms with Gasteiger partial charge in [-0.2, -0.15) is 31.4 Å². The molecule has 1 aromatic heterocycles. The molecule has 2 aliphatic heterocycles. The van der Waals surface area contributed by atoms with Gasteiger partial charge in [0, 0.05) is 69.2 Å². The highest BCUT2D eigenvalue weighted by Gasteiger charge is 2.41. The molecule has 4 rings (SSSR count). The quantitative estimate of drug-likeness (QED) is 0.177. The van der Waals surface area contributed by atoms with Gasteiger partial charge in [0.25, 0.3) is 0 Å². The van der Waals surface area contributed by atoms with Crippen LogP contribution in [0.25, 0.3) is 0 Å². The summed E-state index contributed by atoms with van der Waals surface area (Å²) in [7, 11) is 3.12. The van der Waals surface area contributed by atoms with Gasteiger partial charge >= 0.3 is 24.4 Å². The first kappa shape index (κ1) is 38.7. The van der Waals surface area contributed by atoms with Gasteiger partial charge in [0.15, 0.2) is 0 Å². The number of esters is 1. The molecule has 0 spiro atoms. The van der Waals surface area contributed by atoms with E-state index in [4.69, 9.17) is 9.47 Å². The second-order valence-corrected chi connectivity index (χ2v) is 13.8. The fourth-order valence-electron chi connectivity index (χ4n) is 6.39. The molecule has 276 valence electrons. The zero-order valence-corrected chi connectivity index (χ0v) is 29.0. The Bertz CT molecular complexity index is 1480. The van der Waals surface area contributed by atoms with E-state index < -0.39 is 47.1 Å². The van der Waals surface area contributed by atoms with Crippen LogP contribution in [0.1, 0.15) is 88.0 Å². The number of piperidine rings is 1. The number of rotatable bonds is 11. The third kappa shape index (κ3) is 9.77. The third-order valence-corrected chi connectivity index (χ3v) is 9.22. The molecular weight excluding hydrogens is 670 g/mol. The largest absolute Gasteiger partial charge is 0.469 e. The SMILES string of the molecule is CC[C@@H]1C[C@H](N(Cc2cc(C(F)(F)F)cc(C(F)(F)F)c2)c2ncc(C3C=NN(C)C3)cn2)CC(C)N1C(=O)OCC(C)(C)CCC(=O)OC. The van der Waals surface area contributed by atoms with E-state index in [0.29, 0.717) is 32.2 Å². The molecule has 0 aliphatic carbocycles. The number of halogens is 6. The van der Waals surface area contributed by atoms with Gasteiger partial charge in [0.05, 0.1) is 24.8 Å². The van der Waals surface area contributed by atoms with E-state index in [9.17, 15) is 35.9 Å². The lowest BCUT2D eigenvalue weighted by atomic mass is 9.88. The van der Waals surface area contributed by atoms with Crippen molar-refractivity contribution >= 4 is 24.2 Å². The van der Waals surface area contributed by atoms with Crippen LogP contribution in [0, 0.1) is 5.41 Å². The summed E-state index contributed by atoms with van der Waals surface area (Å²) in [6, 6.07) is 0.310. The van der Waals surface area contributed by atoms with Crippen molar-refractivity contribution in [2.45, 2.75) is 103 Å². The number of hydrogen-bond donors (Lipinski definition) is 0. The smallest absolute Gasteiger partial charge is 0.416 e. The van der Waals surface area contributed by atoms with Crippen LogP contribution in [0.4, 0.5) is 37.1 Å². The number of hydrogen-bond acceptors (Lipinski definition) is 9. The minimum absolute atomic E-state index is 0.0524. The van der Waals surface area contributed by atoms with Gasteiger partial charge < -0.3 is 19.3 Å². The van der Waals surface area contributed by atoms with Crippen LogP contribution in [0.15, 0.2) is 35.7 Å². The molecule has 4 atom stereocenters. The van der Waals surface area contributed by atoms with Gasteiger partial charge in [0.1, 0.15) is 0 Å². The number of methoxy groups -OCH3 is 1. The first-order valence-corrected chi connectivity index (χ1v) is 16.5. The summed E-state index contributed by atoms with van der Waals surface area (Å²) < 4.78 is 93.1. The van der Waals surface area contributed by atoms with Crippen LogP contribution in [0.5, 0.6) is 0 Å². The van der Waals surface area contributed by atoms with Crippen molar-refractivity contribution in [1.29, 1.82) is 0 Å². The third-order valence-electron chi connectivity index (χ3n) is 9.22. The predicted molar refractivity (Wildman–Crippen MR) is 173 cm³/mol.